The zero-order chi connectivity index (χ0) is 13.1. The molecule has 0 radical (unpaired) electrons. The Morgan fingerprint density at radius 3 is 2.47 bits per heavy atom. The smallest absolute Gasteiger partial charge is 0.303 e. The van der Waals surface area contributed by atoms with E-state index in [1.54, 1.807) is 0 Å². The number of ether oxygens (including phenoxy) is 1. The largest absolute Gasteiger partial charge is 0.481 e. The van der Waals surface area contributed by atoms with Crippen LogP contribution in [-0.4, -0.2) is 43.2 Å². The fourth-order valence-electron chi connectivity index (χ4n) is 1.09. The number of unbranched alkanes of at least 4 members (excludes halogenated alkanes) is 1. The molecule has 0 unspecified atom stereocenters. The van der Waals surface area contributed by atoms with Gasteiger partial charge in [0.25, 0.3) is 6.43 Å². The van der Waals surface area contributed by atoms with E-state index in [-0.39, 0.29) is 31.9 Å². The van der Waals surface area contributed by atoms with E-state index in [1.807, 2.05) is 0 Å². The summed E-state index contributed by atoms with van der Waals surface area (Å²) in [6, 6.07) is 0. The molecule has 7 heteroatoms. The molecule has 0 fully saturated rings. The van der Waals surface area contributed by atoms with E-state index in [1.165, 1.54) is 0 Å². The molecule has 0 atom stereocenters. The van der Waals surface area contributed by atoms with E-state index >= 15 is 0 Å². The molecule has 0 heterocycles. The van der Waals surface area contributed by atoms with Crippen LogP contribution in [0.5, 0.6) is 0 Å². The second-order valence-corrected chi connectivity index (χ2v) is 3.42. The summed E-state index contributed by atoms with van der Waals surface area (Å²) in [5.41, 5.74) is 0. The van der Waals surface area contributed by atoms with Crippen LogP contribution in [0.4, 0.5) is 8.78 Å². The molecule has 0 aromatic carbocycles. The lowest BCUT2D eigenvalue weighted by Gasteiger charge is -2.05. The maximum Gasteiger partial charge on any atom is 0.303 e. The first-order valence-corrected chi connectivity index (χ1v) is 5.36. The molecule has 0 aliphatic heterocycles. The standard InChI is InChI=1S/C10H17F2NO4/c11-8(12)7-17-6-5-13-9(14)3-1-2-4-10(15)16/h8H,1-7H2,(H,13,14)(H,15,16). The van der Waals surface area contributed by atoms with Crippen molar-refractivity contribution in [3.8, 4) is 0 Å². The molecule has 100 valence electrons. The lowest BCUT2D eigenvalue weighted by atomic mass is 10.2. The number of carboxylic acids is 1. The van der Waals surface area contributed by atoms with Gasteiger partial charge in [0.2, 0.25) is 5.91 Å². The Morgan fingerprint density at radius 2 is 1.88 bits per heavy atom. The summed E-state index contributed by atoms with van der Waals surface area (Å²) in [5.74, 6) is -1.11. The highest BCUT2D eigenvalue weighted by Gasteiger charge is 2.04. The van der Waals surface area contributed by atoms with E-state index in [0.29, 0.717) is 12.8 Å². The Labute approximate surface area is 98.1 Å². The second-order valence-electron chi connectivity index (χ2n) is 3.42. The first-order chi connectivity index (χ1) is 8.02. The van der Waals surface area contributed by atoms with E-state index in [9.17, 15) is 18.4 Å². The third kappa shape index (κ3) is 12.7. The SMILES string of the molecule is O=C(O)CCCCC(=O)NCCOCC(F)F. The Balaban J connectivity index is 3.26. The van der Waals surface area contributed by atoms with Gasteiger partial charge in [0.15, 0.2) is 0 Å². The molecule has 17 heavy (non-hydrogen) atoms. The number of nitrogens with one attached hydrogen (secondary N) is 1. The van der Waals surface area contributed by atoms with Gasteiger partial charge in [-0.25, -0.2) is 8.78 Å². The maximum absolute atomic E-state index is 11.6. The van der Waals surface area contributed by atoms with Crippen LogP contribution in [0.3, 0.4) is 0 Å². The van der Waals surface area contributed by atoms with Crippen LogP contribution < -0.4 is 5.32 Å². The molecule has 5 nitrogen and oxygen atoms in total. The van der Waals surface area contributed by atoms with Crippen molar-refractivity contribution in [3.05, 3.63) is 0 Å². The third-order valence-electron chi connectivity index (χ3n) is 1.86. The summed E-state index contributed by atoms with van der Waals surface area (Å²) < 4.78 is 27.8. The summed E-state index contributed by atoms with van der Waals surface area (Å²) in [5, 5.41) is 10.8. The topological polar surface area (TPSA) is 75.6 Å². The summed E-state index contributed by atoms with van der Waals surface area (Å²) >= 11 is 0. The Kier molecular flexibility index (Phi) is 9.22. The lowest BCUT2D eigenvalue weighted by Crippen LogP contribution is -2.27. The second kappa shape index (κ2) is 9.95. The molecule has 0 rings (SSSR count). The number of aliphatic carboxylic acids is 1. The van der Waals surface area contributed by atoms with Gasteiger partial charge in [-0.05, 0) is 12.8 Å². The summed E-state index contributed by atoms with van der Waals surface area (Å²) in [7, 11) is 0. The van der Waals surface area contributed by atoms with Gasteiger partial charge < -0.3 is 15.2 Å². The molecule has 0 saturated heterocycles. The quantitative estimate of drug-likeness (QED) is 0.570. The van der Waals surface area contributed by atoms with Crippen molar-refractivity contribution in [2.75, 3.05) is 19.8 Å². The number of alkyl halides is 2. The van der Waals surface area contributed by atoms with Crippen molar-refractivity contribution in [1.29, 1.82) is 0 Å². The normalized spacial score (nSPS) is 10.5. The van der Waals surface area contributed by atoms with E-state index in [0.717, 1.165) is 0 Å². The fraction of sp³-hybridized carbons (Fsp3) is 0.800. The van der Waals surface area contributed by atoms with Gasteiger partial charge in [-0.15, -0.1) is 0 Å². The van der Waals surface area contributed by atoms with Crippen molar-refractivity contribution < 1.29 is 28.2 Å². The monoisotopic (exact) mass is 253 g/mol. The van der Waals surface area contributed by atoms with Crippen LogP contribution in [0.1, 0.15) is 25.7 Å². The zero-order valence-corrected chi connectivity index (χ0v) is 9.45. The van der Waals surface area contributed by atoms with Crippen molar-refractivity contribution in [2.24, 2.45) is 0 Å². The first-order valence-electron chi connectivity index (χ1n) is 5.36. The zero-order valence-electron chi connectivity index (χ0n) is 9.45. The summed E-state index contributed by atoms with van der Waals surface area (Å²) in [6.45, 7) is -0.399. The number of carboxylic acid groups (broad SMARTS) is 1. The lowest BCUT2D eigenvalue weighted by molar-refractivity contribution is -0.137. The van der Waals surface area contributed by atoms with Gasteiger partial charge in [0.1, 0.15) is 6.61 Å². The summed E-state index contributed by atoms with van der Waals surface area (Å²) in [4.78, 5) is 21.3. The van der Waals surface area contributed by atoms with Crippen LogP contribution in [0.2, 0.25) is 0 Å². The van der Waals surface area contributed by atoms with Gasteiger partial charge in [0, 0.05) is 19.4 Å². The highest BCUT2D eigenvalue weighted by Crippen LogP contribution is 1.99. The number of hydrogen-bond donors (Lipinski definition) is 2. The number of carbonyl (C=O) groups excluding carboxylic acids is 1. The molecular weight excluding hydrogens is 236 g/mol. The van der Waals surface area contributed by atoms with E-state index < -0.39 is 19.0 Å². The number of carbonyl (C=O) groups is 2. The highest BCUT2D eigenvalue weighted by molar-refractivity contribution is 5.75. The predicted molar refractivity (Wildman–Crippen MR) is 55.9 cm³/mol. The minimum Gasteiger partial charge on any atom is -0.481 e. The van der Waals surface area contributed by atoms with Crippen LogP contribution in [-0.2, 0) is 14.3 Å². The van der Waals surface area contributed by atoms with Crippen molar-refractivity contribution >= 4 is 11.9 Å². The summed E-state index contributed by atoms with van der Waals surface area (Å²) in [6.07, 6.45) is -1.27. The molecule has 0 spiro atoms. The third-order valence-corrected chi connectivity index (χ3v) is 1.86. The minimum atomic E-state index is -2.50. The average Bonchev–Trinajstić information content (AvgIpc) is 2.23. The Hall–Kier alpha value is -1.24. The molecule has 0 aromatic heterocycles. The van der Waals surface area contributed by atoms with Gasteiger partial charge in [-0.2, -0.15) is 0 Å². The van der Waals surface area contributed by atoms with Crippen LogP contribution >= 0.6 is 0 Å². The molecule has 0 saturated carbocycles. The van der Waals surface area contributed by atoms with Gasteiger partial charge in [-0.1, -0.05) is 0 Å². The number of hydrogen-bond acceptors (Lipinski definition) is 3. The van der Waals surface area contributed by atoms with Crippen molar-refractivity contribution in [3.63, 3.8) is 0 Å². The molecule has 0 bridgehead atoms. The van der Waals surface area contributed by atoms with Crippen LogP contribution in [0.25, 0.3) is 0 Å². The van der Waals surface area contributed by atoms with Crippen LogP contribution in [0, 0.1) is 0 Å². The Morgan fingerprint density at radius 1 is 1.24 bits per heavy atom. The molecule has 0 aliphatic carbocycles. The maximum atomic E-state index is 11.6. The predicted octanol–water partition coefficient (Wildman–Crippen LogP) is 1.03. The van der Waals surface area contributed by atoms with E-state index in [2.05, 4.69) is 10.1 Å². The highest BCUT2D eigenvalue weighted by atomic mass is 19.3. The van der Waals surface area contributed by atoms with E-state index in [4.69, 9.17) is 5.11 Å². The molecule has 0 aromatic rings. The van der Waals surface area contributed by atoms with Crippen molar-refractivity contribution in [1.82, 2.24) is 5.32 Å². The van der Waals surface area contributed by atoms with Gasteiger partial charge >= 0.3 is 5.97 Å². The van der Waals surface area contributed by atoms with Crippen molar-refractivity contribution in [2.45, 2.75) is 32.1 Å². The molecule has 0 aliphatic rings. The number of halogens is 2. The Bertz CT molecular complexity index is 236. The first kappa shape index (κ1) is 15.8. The van der Waals surface area contributed by atoms with Gasteiger partial charge in [0.05, 0.1) is 6.61 Å². The van der Waals surface area contributed by atoms with Gasteiger partial charge in [-0.3, -0.25) is 9.59 Å². The molecule has 2 N–H and O–H groups in total. The molecular formula is C10H17F2NO4. The number of rotatable bonds is 10. The fourth-order valence-corrected chi connectivity index (χ4v) is 1.09. The van der Waals surface area contributed by atoms with Crippen LogP contribution in [0.15, 0.2) is 0 Å². The minimum absolute atomic E-state index is 0.0464. The molecule has 1 amide bonds. The average molecular weight is 253 g/mol. The number of amides is 1.